The minimum absolute atomic E-state index is 0. The van der Waals surface area contributed by atoms with Gasteiger partial charge in [0.15, 0.2) is 0 Å². The molecule has 0 unspecified atom stereocenters. The van der Waals surface area contributed by atoms with Gasteiger partial charge in [-0.3, -0.25) is 9.97 Å². The third kappa shape index (κ3) is 13.7. The van der Waals surface area contributed by atoms with Crippen LogP contribution in [-0.4, -0.2) is 21.9 Å². The van der Waals surface area contributed by atoms with E-state index in [-0.39, 0.29) is 20.4 Å². The van der Waals surface area contributed by atoms with Crippen molar-refractivity contribution in [2.45, 2.75) is 41.5 Å². The summed E-state index contributed by atoms with van der Waals surface area (Å²) in [7, 11) is -1.20. The SMILES string of the molecule is CC(=O)[O-].CC(=O)[O-].Cc1ccccc1P(c1ccccn1)c1ccccc1C.Cc1ccccc1P(c1ccccn1)c1ccccc1C.[Pd+2]. The van der Waals surface area contributed by atoms with Crippen LogP contribution in [0.2, 0.25) is 0 Å². The zero-order valence-electron chi connectivity index (χ0n) is 29.6. The molecular weight excluding hydrogens is 765 g/mol. The molecule has 6 rings (SSSR count). The van der Waals surface area contributed by atoms with Crippen LogP contribution in [-0.2, 0) is 30.0 Å². The average molecular weight is 807 g/mol. The third-order valence-electron chi connectivity index (χ3n) is 7.18. The second-order valence-electron chi connectivity index (χ2n) is 11.2. The minimum Gasteiger partial charge on any atom is -0.550 e. The molecule has 264 valence electrons. The van der Waals surface area contributed by atoms with Crippen LogP contribution < -0.4 is 42.3 Å². The molecule has 0 fully saturated rings. The van der Waals surface area contributed by atoms with Gasteiger partial charge in [-0.15, -0.1) is 0 Å². The summed E-state index contributed by atoms with van der Waals surface area (Å²) in [5, 5.41) is 23.3. The molecule has 2 heterocycles. The Hall–Kier alpha value is -4.36. The Morgan fingerprint density at radius 3 is 0.843 bits per heavy atom. The molecule has 0 saturated heterocycles. The molecule has 9 heteroatoms. The number of hydrogen-bond acceptors (Lipinski definition) is 6. The molecule has 0 radical (unpaired) electrons. The van der Waals surface area contributed by atoms with Gasteiger partial charge in [0.1, 0.15) is 0 Å². The number of carboxylic acids is 2. The van der Waals surface area contributed by atoms with Gasteiger partial charge in [0.05, 0.1) is 10.9 Å². The van der Waals surface area contributed by atoms with E-state index in [9.17, 15) is 0 Å². The van der Waals surface area contributed by atoms with Gasteiger partial charge >= 0.3 is 20.4 Å². The number of pyridine rings is 2. The first-order valence-electron chi connectivity index (χ1n) is 16.0. The van der Waals surface area contributed by atoms with E-state index in [0.717, 1.165) is 24.7 Å². The number of carbonyl (C=O) groups excluding carboxylic acids is 2. The third-order valence-corrected chi connectivity index (χ3v) is 12.6. The van der Waals surface area contributed by atoms with Crippen molar-refractivity contribution >= 4 is 59.9 Å². The Morgan fingerprint density at radius 1 is 0.431 bits per heavy atom. The fourth-order valence-corrected chi connectivity index (χ4v) is 9.97. The summed E-state index contributed by atoms with van der Waals surface area (Å²) in [4.78, 5) is 27.1. The molecule has 0 saturated carbocycles. The molecule has 0 aliphatic rings. The van der Waals surface area contributed by atoms with E-state index in [0.29, 0.717) is 0 Å². The molecular formula is C42H42N2O4P2Pd. The van der Waals surface area contributed by atoms with Crippen LogP contribution in [0.5, 0.6) is 0 Å². The molecule has 0 amide bonds. The molecule has 0 N–H and O–H groups in total. The van der Waals surface area contributed by atoms with Gasteiger partial charge < -0.3 is 19.8 Å². The average Bonchev–Trinajstić information content (AvgIpc) is 3.09. The number of benzene rings is 4. The predicted octanol–water partition coefficient (Wildman–Crippen LogP) is 4.42. The Kier molecular flexibility index (Phi) is 18.9. The number of rotatable bonds is 6. The second kappa shape index (κ2) is 22.5. The number of hydrogen-bond donors (Lipinski definition) is 0. The normalized spacial score (nSPS) is 9.88. The Morgan fingerprint density at radius 2 is 0.647 bits per heavy atom. The summed E-state index contributed by atoms with van der Waals surface area (Å²) >= 11 is 0. The Labute approximate surface area is 318 Å². The summed E-state index contributed by atoms with van der Waals surface area (Å²) in [6, 6.07) is 47.0. The van der Waals surface area contributed by atoms with Crippen LogP contribution in [0.3, 0.4) is 0 Å². The van der Waals surface area contributed by atoms with Crippen molar-refractivity contribution in [3.05, 3.63) is 168 Å². The van der Waals surface area contributed by atoms with Crippen LogP contribution in [0, 0.1) is 27.7 Å². The number of aliphatic carboxylic acids is 2. The van der Waals surface area contributed by atoms with Crippen molar-refractivity contribution in [1.29, 1.82) is 0 Å². The van der Waals surface area contributed by atoms with Crippen molar-refractivity contribution in [1.82, 2.24) is 9.97 Å². The van der Waals surface area contributed by atoms with E-state index < -0.39 is 27.8 Å². The number of nitrogens with zero attached hydrogens (tertiary/aromatic N) is 2. The predicted molar refractivity (Wildman–Crippen MR) is 206 cm³/mol. The summed E-state index contributed by atoms with van der Waals surface area (Å²) in [6.07, 6.45) is 3.78. The van der Waals surface area contributed by atoms with Crippen LogP contribution >= 0.6 is 15.8 Å². The van der Waals surface area contributed by atoms with Crippen molar-refractivity contribution in [2.75, 3.05) is 0 Å². The van der Waals surface area contributed by atoms with Gasteiger partial charge in [0.2, 0.25) is 0 Å². The minimum atomic E-state index is -1.08. The molecule has 0 aliphatic heterocycles. The molecule has 0 aliphatic carbocycles. The fourth-order valence-electron chi connectivity index (χ4n) is 4.98. The van der Waals surface area contributed by atoms with E-state index in [2.05, 4.69) is 159 Å². The fraction of sp³-hybridized carbons (Fsp3) is 0.143. The van der Waals surface area contributed by atoms with Gasteiger partial charge in [-0.25, -0.2) is 0 Å². The van der Waals surface area contributed by atoms with Crippen LogP contribution in [0.25, 0.3) is 0 Å². The molecule has 0 atom stereocenters. The molecule has 0 bridgehead atoms. The Bertz CT molecular complexity index is 1720. The maximum Gasteiger partial charge on any atom is 2.00 e. The molecule has 6 aromatic rings. The van der Waals surface area contributed by atoms with Crippen molar-refractivity contribution in [3.8, 4) is 0 Å². The van der Waals surface area contributed by atoms with E-state index >= 15 is 0 Å². The van der Waals surface area contributed by atoms with E-state index in [1.807, 2.05) is 24.5 Å². The van der Waals surface area contributed by atoms with Crippen LogP contribution in [0.1, 0.15) is 36.1 Å². The van der Waals surface area contributed by atoms with E-state index in [1.54, 1.807) is 0 Å². The zero-order chi connectivity index (χ0) is 36.5. The maximum atomic E-state index is 8.89. The van der Waals surface area contributed by atoms with Gasteiger partial charge in [-0.05, 0) is 109 Å². The molecule has 6 nitrogen and oxygen atoms in total. The maximum absolute atomic E-state index is 8.89. The van der Waals surface area contributed by atoms with Crippen molar-refractivity contribution in [2.24, 2.45) is 0 Å². The van der Waals surface area contributed by atoms with Crippen LogP contribution in [0.15, 0.2) is 146 Å². The number of aryl methyl sites for hydroxylation is 4. The van der Waals surface area contributed by atoms with Gasteiger partial charge in [0, 0.05) is 40.2 Å². The standard InChI is InChI=1S/2C19H18NP.2C2H4O2.Pd/c2*1-15-9-3-5-11-17(15)21(19-13-7-8-14-20-19)18-12-6-4-10-16(18)2;2*1-2(3)4;/h2*3-14H,1-2H3;2*1H3,(H,3,4);/q;;;;+2/p-2. The summed E-state index contributed by atoms with van der Waals surface area (Å²) in [5.41, 5.74) is 7.65. The second-order valence-corrected chi connectivity index (χ2v) is 15.4. The van der Waals surface area contributed by atoms with Gasteiger partial charge in [-0.2, -0.15) is 0 Å². The number of carbonyl (C=O) groups is 2. The first kappa shape index (κ1) is 42.8. The molecule has 2 aromatic heterocycles. The topological polar surface area (TPSA) is 106 Å². The summed E-state index contributed by atoms with van der Waals surface area (Å²) < 4.78 is 0. The van der Waals surface area contributed by atoms with E-state index in [4.69, 9.17) is 19.8 Å². The molecule has 0 spiro atoms. The van der Waals surface area contributed by atoms with Crippen LogP contribution in [0.4, 0.5) is 0 Å². The van der Waals surface area contributed by atoms with E-state index in [1.165, 1.54) is 43.5 Å². The number of aromatic nitrogens is 2. The largest absolute Gasteiger partial charge is 2.00 e. The smallest absolute Gasteiger partial charge is 0.550 e. The Balaban J connectivity index is 0.000000288. The molecule has 4 aromatic carbocycles. The summed E-state index contributed by atoms with van der Waals surface area (Å²) in [6.45, 7) is 10.7. The first-order chi connectivity index (χ1) is 24.0. The summed E-state index contributed by atoms with van der Waals surface area (Å²) in [5.74, 6) is -2.17. The molecule has 51 heavy (non-hydrogen) atoms. The monoisotopic (exact) mass is 806 g/mol. The first-order valence-corrected chi connectivity index (χ1v) is 18.7. The quantitative estimate of drug-likeness (QED) is 0.183. The number of carboxylic acid groups (broad SMARTS) is 2. The van der Waals surface area contributed by atoms with Crippen molar-refractivity contribution < 1.29 is 40.2 Å². The van der Waals surface area contributed by atoms with Crippen molar-refractivity contribution in [3.63, 3.8) is 0 Å². The zero-order valence-corrected chi connectivity index (χ0v) is 32.9. The van der Waals surface area contributed by atoms with Gasteiger partial charge in [-0.1, -0.05) is 109 Å². The van der Waals surface area contributed by atoms with Gasteiger partial charge in [0.25, 0.3) is 0 Å².